The molecule has 5 nitrogen and oxygen atoms in total. The minimum Gasteiger partial charge on any atom is -0.497 e. The maximum Gasteiger partial charge on any atom is 0.281 e. The van der Waals surface area contributed by atoms with E-state index in [2.05, 4.69) is 5.10 Å². The van der Waals surface area contributed by atoms with Crippen molar-refractivity contribution in [2.75, 3.05) is 13.7 Å². The van der Waals surface area contributed by atoms with Gasteiger partial charge in [0, 0.05) is 12.0 Å². The minimum atomic E-state index is -0.116. The van der Waals surface area contributed by atoms with Crippen LogP contribution in [0, 0.1) is 0 Å². The number of hydrogen-bond acceptors (Lipinski definition) is 4. The third-order valence-electron chi connectivity index (χ3n) is 4.22. The highest BCUT2D eigenvalue weighted by Crippen LogP contribution is 2.39. The lowest BCUT2D eigenvalue weighted by Gasteiger charge is -2.18. The van der Waals surface area contributed by atoms with Crippen LogP contribution in [0.25, 0.3) is 0 Å². The summed E-state index contributed by atoms with van der Waals surface area (Å²) in [5, 5.41) is 6.12. The van der Waals surface area contributed by atoms with Gasteiger partial charge in [0.15, 0.2) is 6.61 Å². The molecule has 4 rings (SSSR count). The van der Waals surface area contributed by atoms with E-state index >= 15 is 0 Å². The Morgan fingerprint density at radius 3 is 2.74 bits per heavy atom. The fraction of sp³-hybridized carbons (Fsp3) is 0.222. The lowest BCUT2D eigenvalue weighted by atomic mass is 9.98. The maximum atomic E-state index is 12.3. The molecule has 0 aromatic heterocycles. The molecule has 0 radical (unpaired) electrons. The molecule has 2 aliphatic rings. The molecular weight excluding hydrogens is 292 g/mol. The molecule has 0 spiro atoms. The normalized spacial score (nSPS) is 19.3. The van der Waals surface area contributed by atoms with Crippen molar-refractivity contribution in [2.24, 2.45) is 5.10 Å². The number of para-hydroxylation sites is 1. The molecule has 1 amide bonds. The van der Waals surface area contributed by atoms with Crippen LogP contribution < -0.4 is 9.47 Å². The second kappa shape index (κ2) is 5.43. The fourth-order valence-electron chi connectivity index (χ4n) is 3.03. The molecular formula is C18H16N2O3. The van der Waals surface area contributed by atoms with Gasteiger partial charge >= 0.3 is 0 Å². The number of carbonyl (C=O) groups is 1. The molecule has 2 aromatic carbocycles. The molecule has 2 heterocycles. The Bertz CT molecular complexity index is 783. The maximum absolute atomic E-state index is 12.3. The van der Waals surface area contributed by atoms with Gasteiger partial charge in [-0.15, -0.1) is 0 Å². The summed E-state index contributed by atoms with van der Waals surface area (Å²) < 4.78 is 10.8. The molecule has 2 aromatic rings. The van der Waals surface area contributed by atoms with Crippen molar-refractivity contribution in [3.05, 3.63) is 59.7 Å². The highest BCUT2D eigenvalue weighted by Gasteiger charge is 2.36. The quantitative estimate of drug-likeness (QED) is 0.857. The van der Waals surface area contributed by atoms with Crippen molar-refractivity contribution in [1.82, 2.24) is 5.01 Å². The van der Waals surface area contributed by atoms with Crippen LogP contribution in [0.4, 0.5) is 0 Å². The first-order chi connectivity index (χ1) is 11.3. The van der Waals surface area contributed by atoms with Crippen molar-refractivity contribution >= 4 is 11.6 Å². The first-order valence-electron chi connectivity index (χ1n) is 7.52. The fourth-order valence-corrected chi connectivity index (χ4v) is 3.03. The van der Waals surface area contributed by atoms with E-state index in [1.807, 2.05) is 48.5 Å². The molecule has 0 saturated heterocycles. The summed E-state index contributed by atoms with van der Waals surface area (Å²) in [6, 6.07) is 15.4. The molecule has 0 fully saturated rings. The van der Waals surface area contributed by atoms with Gasteiger partial charge in [0.1, 0.15) is 11.5 Å². The van der Waals surface area contributed by atoms with Gasteiger partial charge in [-0.25, -0.2) is 5.01 Å². The van der Waals surface area contributed by atoms with Gasteiger partial charge in [-0.2, -0.15) is 5.10 Å². The number of methoxy groups -OCH3 is 1. The summed E-state index contributed by atoms with van der Waals surface area (Å²) in [4.78, 5) is 12.3. The van der Waals surface area contributed by atoms with E-state index in [1.54, 1.807) is 12.1 Å². The summed E-state index contributed by atoms with van der Waals surface area (Å²) in [6.45, 7) is 0.0207. The average molecular weight is 308 g/mol. The van der Waals surface area contributed by atoms with E-state index in [9.17, 15) is 4.79 Å². The highest BCUT2D eigenvalue weighted by molar-refractivity contribution is 6.03. The van der Waals surface area contributed by atoms with Gasteiger partial charge in [0.05, 0.1) is 18.9 Å². The van der Waals surface area contributed by atoms with Crippen LogP contribution >= 0.6 is 0 Å². The van der Waals surface area contributed by atoms with Crippen molar-refractivity contribution in [3.8, 4) is 11.5 Å². The van der Waals surface area contributed by atoms with Crippen LogP contribution in [0.2, 0.25) is 0 Å². The number of hydrazone groups is 1. The number of ether oxygens (including phenoxy) is 2. The van der Waals surface area contributed by atoms with Crippen molar-refractivity contribution in [3.63, 3.8) is 0 Å². The molecule has 1 atom stereocenters. The predicted octanol–water partition coefficient (Wildman–Crippen LogP) is 2.77. The van der Waals surface area contributed by atoms with Crippen LogP contribution in [0.5, 0.6) is 11.5 Å². The zero-order valence-electron chi connectivity index (χ0n) is 12.7. The molecule has 1 unspecified atom stereocenters. The summed E-state index contributed by atoms with van der Waals surface area (Å²) in [6.07, 6.45) is 0.679. The topological polar surface area (TPSA) is 51.1 Å². The van der Waals surface area contributed by atoms with Gasteiger partial charge in [-0.1, -0.05) is 18.2 Å². The summed E-state index contributed by atoms with van der Waals surface area (Å²) in [7, 11) is 1.64. The molecule has 0 bridgehead atoms. The first-order valence-corrected chi connectivity index (χ1v) is 7.52. The third kappa shape index (κ3) is 2.34. The zero-order chi connectivity index (χ0) is 15.8. The second-order valence-corrected chi connectivity index (χ2v) is 5.56. The molecule has 0 saturated carbocycles. The first kappa shape index (κ1) is 13.8. The van der Waals surface area contributed by atoms with E-state index in [0.29, 0.717) is 6.42 Å². The smallest absolute Gasteiger partial charge is 0.281 e. The minimum absolute atomic E-state index is 0.0207. The van der Waals surface area contributed by atoms with E-state index < -0.39 is 0 Å². The van der Waals surface area contributed by atoms with Crippen LogP contribution in [-0.2, 0) is 4.79 Å². The van der Waals surface area contributed by atoms with Gasteiger partial charge in [-0.05, 0) is 35.9 Å². The number of amides is 1. The molecule has 2 aliphatic heterocycles. The SMILES string of the molecule is COc1ccc(C2=NN3C(=O)COc4ccccc4C3C2)cc1. The number of nitrogens with zero attached hydrogens (tertiary/aromatic N) is 2. The van der Waals surface area contributed by atoms with Gasteiger partial charge in [-0.3, -0.25) is 4.79 Å². The molecule has 0 N–H and O–H groups in total. The van der Waals surface area contributed by atoms with Crippen molar-refractivity contribution < 1.29 is 14.3 Å². The summed E-state index contributed by atoms with van der Waals surface area (Å²) in [5.41, 5.74) is 2.92. The van der Waals surface area contributed by atoms with E-state index in [-0.39, 0.29) is 18.6 Å². The van der Waals surface area contributed by atoms with Crippen molar-refractivity contribution in [1.29, 1.82) is 0 Å². The third-order valence-corrected chi connectivity index (χ3v) is 4.22. The van der Waals surface area contributed by atoms with E-state index in [0.717, 1.165) is 28.3 Å². The summed E-state index contributed by atoms with van der Waals surface area (Å²) in [5.74, 6) is 1.45. The van der Waals surface area contributed by atoms with Crippen LogP contribution in [0.1, 0.15) is 23.6 Å². The predicted molar refractivity (Wildman–Crippen MR) is 85.7 cm³/mol. The Hall–Kier alpha value is -2.82. The lowest BCUT2D eigenvalue weighted by molar-refractivity contribution is -0.134. The summed E-state index contributed by atoms with van der Waals surface area (Å²) >= 11 is 0. The number of carbonyl (C=O) groups excluding carboxylic acids is 1. The van der Waals surface area contributed by atoms with Crippen molar-refractivity contribution in [2.45, 2.75) is 12.5 Å². The Labute approximate surface area is 134 Å². The Kier molecular flexibility index (Phi) is 3.26. The molecule has 23 heavy (non-hydrogen) atoms. The Morgan fingerprint density at radius 2 is 1.96 bits per heavy atom. The number of rotatable bonds is 2. The average Bonchev–Trinajstić information content (AvgIpc) is 3.00. The lowest BCUT2D eigenvalue weighted by Crippen LogP contribution is -2.28. The number of benzene rings is 2. The monoisotopic (exact) mass is 308 g/mol. The van der Waals surface area contributed by atoms with Gasteiger partial charge < -0.3 is 9.47 Å². The molecule has 0 aliphatic carbocycles. The highest BCUT2D eigenvalue weighted by atomic mass is 16.5. The molecule has 5 heteroatoms. The standard InChI is InChI=1S/C18H16N2O3/c1-22-13-8-6-12(7-9-13)15-10-16-14-4-2-3-5-17(14)23-11-18(21)20(16)19-15/h2-9,16H,10-11H2,1H3. The van der Waals surface area contributed by atoms with E-state index in [4.69, 9.17) is 9.47 Å². The van der Waals surface area contributed by atoms with Crippen LogP contribution in [0.3, 0.4) is 0 Å². The number of fused-ring (bicyclic) bond motifs is 3. The van der Waals surface area contributed by atoms with Crippen LogP contribution in [0.15, 0.2) is 53.6 Å². The van der Waals surface area contributed by atoms with E-state index in [1.165, 1.54) is 0 Å². The largest absolute Gasteiger partial charge is 0.497 e. The molecule has 116 valence electrons. The number of hydrogen-bond donors (Lipinski definition) is 0. The Balaban J connectivity index is 1.70. The second-order valence-electron chi connectivity index (χ2n) is 5.56. The zero-order valence-corrected chi connectivity index (χ0v) is 12.7. The van der Waals surface area contributed by atoms with Gasteiger partial charge in [0.25, 0.3) is 5.91 Å². The van der Waals surface area contributed by atoms with Gasteiger partial charge in [0.2, 0.25) is 0 Å². The van der Waals surface area contributed by atoms with Crippen LogP contribution in [-0.4, -0.2) is 30.3 Å². The Morgan fingerprint density at radius 1 is 1.17 bits per heavy atom.